The maximum Gasteiger partial charge on any atom is 0.324 e. The zero-order chi connectivity index (χ0) is 19.3. The molecule has 0 aliphatic heterocycles. The van der Waals surface area contributed by atoms with E-state index in [2.05, 4.69) is 0 Å². The van der Waals surface area contributed by atoms with Gasteiger partial charge in [-0.2, -0.15) is 0 Å². The number of rotatable bonds is 8. The number of nitro benzene ring substituents is 1. The number of carboxylic acids is 1. The zero-order valence-electron chi connectivity index (χ0n) is 13.7. The average molecular weight is 380 g/mol. The maximum absolute atomic E-state index is 12.9. The molecule has 0 heterocycles. The van der Waals surface area contributed by atoms with Gasteiger partial charge in [0.1, 0.15) is 12.3 Å². The Bertz CT molecular complexity index is 910. The molecule has 0 bridgehead atoms. The van der Waals surface area contributed by atoms with Gasteiger partial charge >= 0.3 is 5.97 Å². The van der Waals surface area contributed by atoms with E-state index in [0.29, 0.717) is 16.7 Å². The molecule has 0 aliphatic rings. The summed E-state index contributed by atoms with van der Waals surface area (Å²) in [4.78, 5) is 20.9. The molecule has 0 saturated heterocycles. The first-order valence-electron chi connectivity index (χ1n) is 7.48. The average Bonchev–Trinajstić information content (AvgIpc) is 2.60. The Morgan fingerprint density at radius 2 is 1.81 bits per heavy atom. The van der Waals surface area contributed by atoms with E-state index in [1.807, 2.05) is 0 Å². The van der Waals surface area contributed by atoms with Crippen LogP contribution in [0.4, 0.5) is 11.4 Å². The van der Waals surface area contributed by atoms with Gasteiger partial charge in [-0.15, -0.1) is 0 Å². The highest BCUT2D eigenvalue weighted by molar-refractivity contribution is 7.93. The van der Waals surface area contributed by atoms with Crippen LogP contribution < -0.4 is 9.04 Å². The summed E-state index contributed by atoms with van der Waals surface area (Å²) in [5.74, 6) is -0.921. The van der Waals surface area contributed by atoms with E-state index in [9.17, 15) is 23.3 Å². The minimum absolute atomic E-state index is 0.0500. The van der Waals surface area contributed by atoms with Gasteiger partial charge in [-0.1, -0.05) is 12.1 Å². The summed E-state index contributed by atoms with van der Waals surface area (Å²) >= 11 is 0. The molecule has 1 N–H and O–H groups in total. The van der Waals surface area contributed by atoms with Crippen LogP contribution in [0.5, 0.6) is 5.75 Å². The number of hydrogen-bond acceptors (Lipinski definition) is 6. The Kier molecular flexibility index (Phi) is 5.78. The molecule has 0 fully saturated rings. The maximum atomic E-state index is 12.9. The van der Waals surface area contributed by atoms with Crippen LogP contribution in [0.15, 0.2) is 53.4 Å². The lowest BCUT2D eigenvalue weighted by atomic mass is 10.3. The first kappa shape index (κ1) is 19.2. The fourth-order valence-corrected chi connectivity index (χ4v) is 3.83. The summed E-state index contributed by atoms with van der Waals surface area (Å²) in [5, 5.41) is 20.3. The summed E-state index contributed by atoms with van der Waals surface area (Å²) in [6.45, 7) is 1.30. The van der Waals surface area contributed by atoms with E-state index in [1.165, 1.54) is 36.4 Å². The molecule has 0 spiro atoms. The van der Waals surface area contributed by atoms with Crippen molar-refractivity contribution in [2.24, 2.45) is 0 Å². The highest BCUT2D eigenvalue weighted by Gasteiger charge is 2.33. The molecular formula is C16H16N2O7S. The Morgan fingerprint density at radius 1 is 1.19 bits per heavy atom. The number of carbonyl (C=O) groups is 1. The van der Waals surface area contributed by atoms with Crippen LogP contribution >= 0.6 is 0 Å². The van der Waals surface area contributed by atoms with Crippen molar-refractivity contribution in [2.75, 3.05) is 17.5 Å². The normalized spacial score (nSPS) is 11.0. The SMILES string of the molecule is CCOc1ccc(N(CC(=O)O)S(=O)(=O)c2ccccc2[N+](=O)[O-])cc1. The first-order chi connectivity index (χ1) is 12.3. The number of anilines is 1. The molecule has 0 unspecified atom stereocenters. The molecule has 2 aromatic carbocycles. The Balaban J connectivity index is 2.55. The van der Waals surface area contributed by atoms with Crippen molar-refractivity contribution in [3.8, 4) is 5.75 Å². The van der Waals surface area contributed by atoms with Gasteiger partial charge in [0.15, 0.2) is 4.90 Å². The molecule has 0 atom stereocenters. The van der Waals surface area contributed by atoms with Gasteiger partial charge in [0, 0.05) is 6.07 Å². The zero-order valence-corrected chi connectivity index (χ0v) is 14.5. The number of carboxylic acid groups (broad SMARTS) is 1. The molecule has 0 aliphatic carbocycles. The topological polar surface area (TPSA) is 127 Å². The van der Waals surface area contributed by atoms with Crippen molar-refractivity contribution in [1.82, 2.24) is 0 Å². The fraction of sp³-hybridized carbons (Fsp3) is 0.188. The molecule has 2 aromatic rings. The van der Waals surface area contributed by atoms with Gasteiger partial charge in [0.25, 0.3) is 15.7 Å². The third-order valence-corrected chi connectivity index (χ3v) is 5.17. The number of sulfonamides is 1. The van der Waals surface area contributed by atoms with Crippen molar-refractivity contribution < 1.29 is 28.0 Å². The summed E-state index contributed by atoms with van der Waals surface area (Å²) in [6.07, 6.45) is 0. The first-order valence-corrected chi connectivity index (χ1v) is 8.92. The van der Waals surface area contributed by atoms with Crippen LogP contribution in [0.25, 0.3) is 0 Å². The van der Waals surface area contributed by atoms with Crippen LogP contribution in [0.1, 0.15) is 6.92 Å². The summed E-state index contributed by atoms with van der Waals surface area (Å²) in [7, 11) is -4.48. The molecular weight excluding hydrogens is 364 g/mol. The Hall–Kier alpha value is -3.14. The lowest BCUT2D eigenvalue weighted by Gasteiger charge is -2.22. The third-order valence-electron chi connectivity index (χ3n) is 3.34. The minimum Gasteiger partial charge on any atom is -0.494 e. The van der Waals surface area contributed by atoms with E-state index < -0.39 is 38.0 Å². The van der Waals surface area contributed by atoms with Crippen LogP contribution in [-0.2, 0) is 14.8 Å². The molecule has 9 nitrogen and oxygen atoms in total. The Morgan fingerprint density at radius 3 is 2.35 bits per heavy atom. The monoisotopic (exact) mass is 380 g/mol. The van der Waals surface area contributed by atoms with Crippen molar-refractivity contribution in [1.29, 1.82) is 0 Å². The van der Waals surface area contributed by atoms with Crippen LogP contribution in [-0.4, -0.2) is 37.6 Å². The highest BCUT2D eigenvalue weighted by atomic mass is 32.2. The summed E-state index contributed by atoms with van der Waals surface area (Å²) in [6, 6.07) is 10.5. The summed E-state index contributed by atoms with van der Waals surface area (Å²) < 4.78 is 31.7. The largest absolute Gasteiger partial charge is 0.494 e. The van der Waals surface area contributed by atoms with Gasteiger partial charge in [-0.25, -0.2) is 8.42 Å². The number of aliphatic carboxylic acids is 1. The van der Waals surface area contributed by atoms with Gasteiger partial charge < -0.3 is 9.84 Å². The van der Waals surface area contributed by atoms with E-state index in [4.69, 9.17) is 9.84 Å². The van der Waals surface area contributed by atoms with Crippen molar-refractivity contribution in [3.05, 3.63) is 58.6 Å². The number of hydrogen-bond donors (Lipinski definition) is 1. The molecule has 0 amide bonds. The van der Waals surface area contributed by atoms with Crippen LogP contribution in [0, 0.1) is 10.1 Å². The van der Waals surface area contributed by atoms with E-state index >= 15 is 0 Å². The van der Waals surface area contributed by atoms with E-state index in [0.717, 1.165) is 12.1 Å². The lowest BCUT2D eigenvalue weighted by Crippen LogP contribution is -2.36. The minimum atomic E-state index is -4.48. The number of nitrogens with zero attached hydrogens (tertiary/aromatic N) is 2. The number of ether oxygens (including phenoxy) is 1. The highest BCUT2D eigenvalue weighted by Crippen LogP contribution is 2.30. The van der Waals surface area contributed by atoms with Crippen molar-refractivity contribution in [2.45, 2.75) is 11.8 Å². The molecule has 138 valence electrons. The number of para-hydroxylation sites is 1. The molecule has 0 radical (unpaired) electrons. The third kappa shape index (κ3) is 4.09. The van der Waals surface area contributed by atoms with Crippen LogP contribution in [0.2, 0.25) is 0 Å². The lowest BCUT2D eigenvalue weighted by molar-refractivity contribution is -0.387. The molecule has 26 heavy (non-hydrogen) atoms. The smallest absolute Gasteiger partial charge is 0.324 e. The van der Waals surface area contributed by atoms with Crippen molar-refractivity contribution >= 4 is 27.4 Å². The van der Waals surface area contributed by atoms with Crippen LogP contribution in [0.3, 0.4) is 0 Å². The predicted molar refractivity (Wildman–Crippen MR) is 92.9 cm³/mol. The molecule has 2 rings (SSSR count). The number of benzene rings is 2. The second-order valence-corrected chi connectivity index (χ2v) is 6.89. The molecule has 0 aromatic heterocycles. The van der Waals surface area contributed by atoms with E-state index in [-0.39, 0.29) is 5.69 Å². The second kappa shape index (κ2) is 7.83. The number of nitro groups is 1. The van der Waals surface area contributed by atoms with Gasteiger partial charge in [-0.05, 0) is 37.3 Å². The second-order valence-electron chi connectivity index (χ2n) is 5.06. The standard InChI is InChI=1S/C16H16N2O7S/c1-2-25-13-9-7-12(8-10-13)17(11-16(19)20)26(23,24)15-6-4-3-5-14(15)18(21)22/h3-10H,2,11H2,1H3,(H,19,20). The van der Waals surface area contributed by atoms with Gasteiger partial charge in [-0.3, -0.25) is 19.2 Å². The van der Waals surface area contributed by atoms with Gasteiger partial charge in [0.05, 0.1) is 17.2 Å². The van der Waals surface area contributed by atoms with E-state index in [1.54, 1.807) is 6.92 Å². The van der Waals surface area contributed by atoms with Gasteiger partial charge in [0.2, 0.25) is 0 Å². The predicted octanol–water partition coefficient (Wildman–Crippen LogP) is 2.27. The fourth-order valence-electron chi connectivity index (χ4n) is 2.26. The summed E-state index contributed by atoms with van der Waals surface area (Å²) in [5.41, 5.74) is -0.581. The molecule has 0 saturated carbocycles. The molecule has 10 heteroatoms. The quantitative estimate of drug-likeness (QED) is 0.550. The van der Waals surface area contributed by atoms with Crippen molar-refractivity contribution in [3.63, 3.8) is 0 Å². The Labute approximate surface area is 149 Å².